The van der Waals surface area contributed by atoms with Crippen LogP contribution in [0.25, 0.3) is 0 Å². The third-order valence-corrected chi connectivity index (χ3v) is 3.66. The number of nitrogens with zero attached hydrogens (tertiary/aromatic N) is 1. The Morgan fingerprint density at radius 2 is 2.15 bits per heavy atom. The Balaban J connectivity index is 2.49. The van der Waals surface area contributed by atoms with Crippen LogP contribution in [0.1, 0.15) is 29.7 Å². The number of hydrogen-bond donors (Lipinski definition) is 1. The van der Waals surface area contributed by atoms with Crippen molar-refractivity contribution in [3.8, 4) is 0 Å². The molecule has 1 heterocycles. The molecule has 5 nitrogen and oxygen atoms in total. The summed E-state index contributed by atoms with van der Waals surface area (Å²) in [6, 6.07) is 5.23. The van der Waals surface area contributed by atoms with E-state index >= 15 is 0 Å². The third kappa shape index (κ3) is 2.54. The van der Waals surface area contributed by atoms with E-state index in [1.807, 2.05) is 39.0 Å². The van der Waals surface area contributed by atoms with Crippen LogP contribution in [-0.2, 0) is 14.3 Å². The summed E-state index contributed by atoms with van der Waals surface area (Å²) in [7, 11) is 0. The second-order valence-electron chi connectivity index (χ2n) is 5.05. The van der Waals surface area contributed by atoms with Crippen LogP contribution >= 0.6 is 0 Å². The van der Waals surface area contributed by atoms with Gasteiger partial charge in [0.2, 0.25) is 5.91 Å². The number of hydrogen-bond acceptors (Lipinski definition) is 3. The molecule has 2 atom stereocenters. The highest BCUT2D eigenvalue weighted by Crippen LogP contribution is 2.32. The summed E-state index contributed by atoms with van der Waals surface area (Å²) in [4.78, 5) is 25.0. The molecule has 0 aromatic heterocycles. The molecule has 1 fully saturated rings. The first-order chi connectivity index (χ1) is 9.45. The maximum Gasteiger partial charge on any atom is 0.335 e. The van der Waals surface area contributed by atoms with Gasteiger partial charge in [-0.2, -0.15) is 0 Å². The molecule has 20 heavy (non-hydrogen) atoms. The van der Waals surface area contributed by atoms with Crippen molar-refractivity contribution in [3.63, 3.8) is 0 Å². The predicted molar refractivity (Wildman–Crippen MR) is 73.4 cm³/mol. The highest BCUT2D eigenvalue weighted by Gasteiger charge is 2.41. The van der Waals surface area contributed by atoms with Crippen molar-refractivity contribution in [1.29, 1.82) is 0 Å². The first-order valence-corrected chi connectivity index (χ1v) is 6.66. The molecule has 0 radical (unpaired) electrons. The first-order valence-electron chi connectivity index (χ1n) is 6.66. The molecular weight excluding hydrogens is 258 g/mol. The van der Waals surface area contributed by atoms with Gasteiger partial charge < -0.3 is 14.7 Å². The third-order valence-electron chi connectivity index (χ3n) is 3.66. The zero-order valence-electron chi connectivity index (χ0n) is 11.9. The minimum atomic E-state index is -1.04. The van der Waals surface area contributed by atoms with Crippen LogP contribution in [0.4, 0.5) is 0 Å². The molecule has 0 saturated carbocycles. The SMILES string of the molecule is CCN1C(=O)COC(C(=O)O)C1c1ccc(C)cc1C. The molecule has 0 aliphatic carbocycles. The van der Waals surface area contributed by atoms with Crippen LogP contribution in [0.2, 0.25) is 0 Å². The first kappa shape index (κ1) is 14.5. The fourth-order valence-corrected chi connectivity index (χ4v) is 2.72. The Bertz CT molecular complexity index is 539. The van der Waals surface area contributed by atoms with Crippen LogP contribution < -0.4 is 0 Å². The lowest BCUT2D eigenvalue weighted by Gasteiger charge is -2.39. The lowest BCUT2D eigenvalue weighted by Crippen LogP contribution is -2.51. The van der Waals surface area contributed by atoms with E-state index in [1.54, 1.807) is 4.90 Å². The van der Waals surface area contributed by atoms with Crippen molar-refractivity contribution >= 4 is 11.9 Å². The molecule has 1 N–H and O–H groups in total. The number of ether oxygens (including phenoxy) is 1. The number of likely N-dealkylation sites (N-methyl/N-ethyl adjacent to an activating group) is 1. The molecular formula is C15H19NO4. The lowest BCUT2D eigenvalue weighted by atomic mass is 9.93. The minimum absolute atomic E-state index is 0.171. The largest absolute Gasteiger partial charge is 0.479 e. The summed E-state index contributed by atoms with van der Waals surface area (Å²) in [5.41, 5.74) is 2.90. The molecule has 1 saturated heterocycles. The van der Waals surface area contributed by atoms with Gasteiger partial charge in [-0.25, -0.2) is 4.79 Å². The molecule has 0 bridgehead atoms. The number of benzene rings is 1. The Hall–Kier alpha value is -1.88. The van der Waals surface area contributed by atoms with Crippen molar-refractivity contribution in [2.75, 3.05) is 13.2 Å². The number of rotatable bonds is 3. The number of aryl methyl sites for hydroxylation is 2. The van der Waals surface area contributed by atoms with Crippen LogP contribution in [0.3, 0.4) is 0 Å². The van der Waals surface area contributed by atoms with E-state index in [0.717, 1.165) is 16.7 Å². The molecule has 1 amide bonds. The number of carbonyl (C=O) groups excluding carboxylic acids is 1. The smallest absolute Gasteiger partial charge is 0.335 e. The van der Waals surface area contributed by atoms with Crippen LogP contribution in [0, 0.1) is 13.8 Å². The van der Waals surface area contributed by atoms with Crippen molar-refractivity contribution in [2.45, 2.75) is 32.9 Å². The quantitative estimate of drug-likeness (QED) is 0.912. The summed E-state index contributed by atoms with van der Waals surface area (Å²) in [5.74, 6) is -1.21. The monoisotopic (exact) mass is 277 g/mol. The Morgan fingerprint density at radius 3 is 2.70 bits per heavy atom. The molecule has 1 aliphatic rings. The lowest BCUT2D eigenvalue weighted by molar-refractivity contribution is -0.172. The minimum Gasteiger partial charge on any atom is -0.479 e. The van der Waals surface area contributed by atoms with E-state index in [0.29, 0.717) is 6.54 Å². The van der Waals surface area contributed by atoms with E-state index in [-0.39, 0.29) is 12.5 Å². The van der Waals surface area contributed by atoms with Gasteiger partial charge in [0.1, 0.15) is 6.61 Å². The Morgan fingerprint density at radius 1 is 1.45 bits per heavy atom. The number of carboxylic acids is 1. The van der Waals surface area contributed by atoms with Crippen molar-refractivity contribution < 1.29 is 19.4 Å². The van der Waals surface area contributed by atoms with Gasteiger partial charge >= 0.3 is 5.97 Å². The highest BCUT2D eigenvalue weighted by molar-refractivity contribution is 5.83. The van der Waals surface area contributed by atoms with Gasteiger partial charge in [0.05, 0.1) is 6.04 Å². The Labute approximate surface area is 118 Å². The van der Waals surface area contributed by atoms with Gasteiger partial charge in [-0.3, -0.25) is 4.79 Å². The second kappa shape index (κ2) is 5.63. The fraction of sp³-hybridized carbons (Fsp3) is 0.467. The highest BCUT2D eigenvalue weighted by atomic mass is 16.5. The number of amides is 1. The van der Waals surface area contributed by atoms with Crippen molar-refractivity contribution in [1.82, 2.24) is 4.90 Å². The van der Waals surface area contributed by atoms with Crippen LogP contribution in [-0.4, -0.2) is 41.1 Å². The summed E-state index contributed by atoms with van der Waals surface area (Å²) >= 11 is 0. The van der Waals surface area contributed by atoms with Gasteiger partial charge in [-0.15, -0.1) is 0 Å². The predicted octanol–water partition coefficient (Wildman–Crippen LogP) is 1.68. The molecule has 2 unspecified atom stereocenters. The van der Waals surface area contributed by atoms with Gasteiger partial charge in [0.15, 0.2) is 6.10 Å². The van der Waals surface area contributed by atoms with Gasteiger partial charge in [-0.05, 0) is 31.9 Å². The molecule has 5 heteroatoms. The van der Waals surface area contributed by atoms with Crippen LogP contribution in [0.5, 0.6) is 0 Å². The van der Waals surface area contributed by atoms with Crippen molar-refractivity contribution in [2.24, 2.45) is 0 Å². The fourth-order valence-electron chi connectivity index (χ4n) is 2.72. The molecule has 0 spiro atoms. The summed E-state index contributed by atoms with van der Waals surface area (Å²) in [5, 5.41) is 9.35. The normalized spacial score (nSPS) is 22.9. The summed E-state index contributed by atoms with van der Waals surface area (Å²) in [6.07, 6.45) is -1.02. The average molecular weight is 277 g/mol. The van der Waals surface area contributed by atoms with E-state index < -0.39 is 18.1 Å². The van der Waals surface area contributed by atoms with Crippen LogP contribution in [0.15, 0.2) is 18.2 Å². The average Bonchev–Trinajstić information content (AvgIpc) is 2.38. The zero-order chi connectivity index (χ0) is 14.9. The molecule has 1 aromatic carbocycles. The maximum atomic E-state index is 12.0. The standard InChI is InChI=1S/C15H19NO4/c1-4-16-12(17)8-20-14(15(18)19)13(16)11-6-5-9(2)7-10(11)3/h5-7,13-14H,4,8H2,1-3H3,(H,18,19). The van der Waals surface area contributed by atoms with E-state index in [1.165, 1.54) is 0 Å². The number of morpholine rings is 1. The maximum absolute atomic E-state index is 12.0. The zero-order valence-corrected chi connectivity index (χ0v) is 11.9. The molecule has 108 valence electrons. The number of aliphatic carboxylic acids is 1. The summed E-state index contributed by atoms with van der Waals surface area (Å²) < 4.78 is 5.25. The van der Waals surface area contributed by atoms with Crippen molar-refractivity contribution in [3.05, 3.63) is 34.9 Å². The number of carbonyl (C=O) groups is 2. The van der Waals surface area contributed by atoms with E-state index in [2.05, 4.69) is 0 Å². The Kier molecular flexibility index (Phi) is 4.09. The molecule has 1 aliphatic heterocycles. The molecule has 1 aromatic rings. The van der Waals surface area contributed by atoms with Gasteiger partial charge in [0, 0.05) is 6.54 Å². The molecule has 2 rings (SSSR count). The van der Waals surface area contributed by atoms with Gasteiger partial charge in [0.25, 0.3) is 0 Å². The van der Waals surface area contributed by atoms with E-state index in [4.69, 9.17) is 4.74 Å². The number of carboxylic acid groups (broad SMARTS) is 1. The van der Waals surface area contributed by atoms with Gasteiger partial charge in [-0.1, -0.05) is 23.8 Å². The topological polar surface area (TPSA) is 66.8 Å². The van der Waals surface area contributed by atoms with E-state index in [9.17, 15) is 14.7 Å². The second-order valence-corrected chi connectivity index (χ2v) is 5.05. The summed E-state index contributed by atoms with van der Waals surface area (Å²) in [6.45, 7) is 6.04.